The highest BCUT2D eigenvalue weighted by molar-refractivity contribution is 7.11. The molecule has 1 rings (SSSR count). The minimum absolute atomic E-state index is 0.00117. The van der Waals surface area contributed by atoms with Gasteiger partial charge in [0.25, 0.3) is 12.3 Å². The monoisotopic (exact) mass is 280 g/mol. The van der Waals surface area contributed by atoms with E-state index in [2.05, 4.69) is 15.0 Å². The Morgan fingerprint density at radius 1 is 1.56 bits per heavy atom. The van der Waals surface area contributed by atoms with E-state index in [1.54, 1.807) is 0 Å². The van der Waals surface area contributed by atoms with Crippen molar-refractivity contribution >= 4 is 23.2 Å². The van der Waals surface area contributed by atoms with Gasteiger partial charge in [0.05, 0.1) is 6.61 Å². The number of carbonyl (C=O) groups excluding carboxylic acids is 1. The van der Waals surface area contributed by atoms with Gasteiger partial charge < -0.3 is 15.2 Å². The number of thiazole rings is 1. The molecule has 100 valence electrons. The summed E-state index contributed by atoms with van der Waals surface area (Å²) in [6, 6.07) is 0. The molecule has 18 heavy (non-hydrogen) atoms. The van der Waals surface area contributed by atoms with Crippen LogP contribution in [0.3, 0.4) is 0 Å². The Labute approximate surface area is 105 Å². The van der Waals surface area contributed by atoms with Crippen molar-refractivity contribution in [3.8, 4) is 0 Å². The third kappa shape index (κ3) is 4.72. The van der Waals surface area contributed by atoms with Crippen molar-refractivity contribution in [1.82, 2.24) is 10.3 Å². The number of carboxylic acid groups (broad SMARTS) is 1. The molecule has 0 saturated heterocycles. The first kappa shape index (κ1) is 14.5. The van der Waals surface area contributed by atoms with Crippen LogP contribution in [0.2, 0.25) is 0 Å². The first-order valence-electron chi connectivity index (χ1n) is 4.83. The van der Waals surface area contributed by atoms with Gasteiger partial charge in [0.2, 0.25) is 0 Å². The summed E-state index contributed by atoms with van der Waals surface area (Å²) < 4.78 is 27.9. The SMILES string of the molecule is O=C(O)c1csc(C(=O)NCCOCC(F)F)n1. The average Bonchev–Trinajstić information content (AvgIpc) is 2.77. The van der Waals surface area contributed by atoms with Crippen LogP contribution in [0.15, 0.2) is 5.38 Å². The molecular formula is C9H10F2N2O4S. The number of alkyl halides is 2. The molecule has 0 aliphatic carbocycles. The van der Waals surface area contributed by atoms with Gasteiger partial charge in [-0.15, -0.1) is 11.3 Å². The number of rotatable bonds is 7. The second-order valence-corrected chi connectivity index (χ2v) is 3.92. The number of nitrogens with one attached hydrogen (secondary N) is 1. The molecule has 1 amide bonds. The predicted molar refractivity (Wildman–Crippen MR) is 58.2 cm³/mol. The standard InChI is InChI=1S/C9H10F2N2O4S/c10-6(11)3-17-2-1-12-7(14)8-13-5(4-18-8)9(15)16/h4,6H,1-3H2,(H,12,14)(H,15,16). The van der Waals surface area contributed by atoms with E-state index < -0.39 is 24.9 Å². The van der Waals surface area contributed by atoms with Crippen molar-refractivity contribution in [3.05, 3.63) is 16.1 Å². The topological polar surface area (TPSA) is 88.5 Å². The first-order valence-corrected chi connectivity index (χ1v) is 5.71. The van der Waals surface area contributed by atoms with Gasteiger partial charge in [-0.1, -0.05) is 0 Å². The largest absolute Gasteiger partial charge is 0.476 e. The summed E-state index contributed by atoms with van der Waals surface area (Å²) in [4.78, 5) is 25.5. The summed E-state index contributed by atoms with van der Waals surface area (Å²) in [7, 11) is 0. The molecule has 0 fully saturated rings. The number of amides is 1. The Kier molecular flexibility index (Phi) is 5.59. The highest BCUT2D eigenvalue weighted by atomic mass is 32.1. The van der Waals surface area contributed by atoms with E-state index in [0.29, 0.717) is 0 Å². The number of hydrogen-bond acceptors (Lipinski definition) is 5. The minimum Gasteiger partial charge on any atom is -0.476 e. The van der Waals surface area contributed by atoms with Gasteiger partial charge in [-0.3, -0.25) is 4.79 Å². The normalized spacial score (nSPS) is 10.6. The van der Waals surface area contributed by atoms with Crippen LogP contribution in [-0.2, 0) is 4.74 Å². The van der Waals surface area contributed by atoms with Gasteiger partial charge in [0.1, 0.15) is 6.61 Å². The molecule has 6 nitrogen and oxygen atoms in total. The molecule has 1 heterocycles. The van der Waals surface area contributed by atoms with Gasteiger partial charge in [0, 0.05) is 11.9 Å². The van der Waals surface area contributed by atoms with Crippen LogP contribution in [-0.4, -0.2) is 48.2 Å². The number of nitrogens with zero attached hydrogens (tertiary/aromatic N) is 1. The van der Waals surface area contributed by atoms with Crippen LogP contribution in [0.1, 0.15) is 20.3 Å². The van der Waals surface area contributed by atoms with E-state index in [4.69, 9.17) is 5.11 Å². The molecule has 1 aromatic heterocycles. The lowest BCUT2D eigenvalue weighted by Crippen LogP contribution is -2.27. The molecule has 0 radical (unpaired) electrons. The van der Waals surface area contributed by atoms with Crippen molar-refractivity contribution in [3.63, 3.8) is 0 Å². The first-order chi connectivity index (χ1) is 8.50. The molecule has 0 atom stereocenters. The molecule has 0 unspecified atom stereocenters. The highest BCUT2D eigenvalue weighted by Gasteiger charge is 2.14. The van der Waals surface area contributed by atoms with E-state index in [-0.39, 0.29) is 23.9 Å². The molecule has 0 aliphatic rings. The van der Waals surface area contributed by atoms with E-state index in [0.717, 1.165) is 11.3 Å². The maximum atomic E-state index is 11.7. The van der Waals surface area contributed by atoms with E-state index >= 15 is 0 Å². The molecule has 0 aromatic carbocycles. The highest BCUT2D eigenvalue weighted by Crippen LogP contribution is 2.09. The molecule has 0 saturated carbocycles. The quantitative estimate of drug-likeness (QED) is 0.723. The van der Waals surface area contributed by atoms with Crippen LogP contribution in [0.5, 0.6) is 0 Å². The van der Waals surface area contributed by atoms with Crippen molar-refractivity contribution in [2.75, 3.05) is 19.8 Å². The van der Waals surface area contributed by atoms with Crippen molar-refractivity contribution in [2.45, 2.75) is 6.43 Å². The van der Waals surface area contributed by atoms with E-state index in [1.165, 1.54) is 5.38 Å². The molecule has 0 aliphatic heterocycles. The van der Waals surface area contributed by atoms with Gasteiger partial charge in [-0.2, -0.15) is 0 Å². The maximum Gasteiger partial charge on any atom is 0.355 e. The Morgan fingerprint density at radius 2 is 2.28 bits per heavy atom. The second-order valence-electron chi connectivity index (χ2n) is 3.06. The number of ether oxygens (including phenoxy) is 1. The Balaban J connectivity index is 2.30. The second kappa shape index (κ2) is 6.97. The lowest BCUT2D eigenvalue weighted by Gasteiger charge is -2.04. The lowest BCUT2D eigenvalue weighted by molar-refractivity contribution is 0.0188. The zero-order chi connectivity index (χ0) is 13.5. The van der Waals surface area contributed by atoms with Crippen LogP contribution in [0.25, 0.3) is 0 Å². The smallest absolute Gasteiger partial charge is 0.355 e. The van der Waals surface area contributed by atoms with Crippen molar-refractivity contribution in [2.24, 2.45) is 0 Å². The number of carboxylic acids is 1. The van der Waals surface area contributed by atoms with Gasteiger partial charge >= 0.3 is 5.97 Å². The molecule has 2 N–H and O–H groups in total. The third-order valence-electron chi connectivity index (χ3n) is 1.69. The fourth-order valence-corrected chi connectivity index (χ4v) is 1.67. The molecule has 9 heteroatoms. The summed E-state index contributed by atoms with van der Waals surface area (Å²) in [5, 5.41) is 12.2. The van der Waals surface area contributed by atoms with Crippen LogP contribution in [0.4, 0.5) is 8.78 Å². The number of hydrogen-bond donors (Lipinski definition) is 2. The van der Waals surface area contributed by atoms with Crippen LogP contribution >= 0.6 is 11.3 Å². The van der Waals surface area contributed by atoms with Gasteiger partial charge in [0.15, 0.2) is 10.7 Å². The summed E-state index contributed by atoms with van der Waals surface area (Å²) in [6.07, 6.45) is -2.54. The van der Waals surface area contributed by atoms with Crippen molar-refractivity contribution in [1.29, 1.82) is 0 Å². The van der Waals surface area contributed by atoms with Crippen molar-refractivity contribution < 1.29 is 28.2 Å². The summed E-state index contributed by atoms with van der Waals surface area (Å²) in [6.45, 7) is -0.683. The average molecular weight is 280 g/mol. The fraction of sp³-hybridized carbons (Fsp3) is 0.444. The Hall–Kier alpha value is -1.61. The number of carbonyl (C=O) groups is 2. The predicted octanol–water partition coefficient (Wildman–Crippen LogP) is 0.853. The molecule has 0 spiro atoms. The molecule has 0 bridgehead atoms. The zero-order valence-corrected chi connectivity index (χ0v) is 9.88. The fourth-order valence-electron chi connectivity index (χ4n) is 0.961. The minimum atomic E-state index is -2.54. The molecular weight excluding hydrogens is 270 g/mol. The zero-order valence-electron chi connectivity index (χ0n) is 9.06. The van der Waals surface area contributed by atoms with Crippen LogP contribution in [0, 0.1) is 0 Å². The lowest BCUT2D eigenvalue weighted by atomic mass is 10.5. The summed E-state index contributed by atoms with van der Waals surface area (Å²) in [5.41, 5.74) is -0.209. The van der Waals surface area contributed by atoms with Gasteiger partial charge in [-0.05, 0) is 0 Å². The van der Waals surface area contributed by atoms with E-state index in [1.807, 2.05) is 0 Å². The van der Waals surface area contributed by atoms with Crippen LogP contribution < -0.4 is 5.32 Å². The number of aromatic carboxylic acids is 1. The summed E-state index contributed by atoms with van der Waals surface area (Å²) >= 11 is 0.890. The summed E-state index contributed by atoms with van der Waals surface area (Å²) in [5.74, 6) is -1.78. The Morgan fingerprint density at radius 3 is 2.83 bits per heavy atom. The van der Waals surface area contributed by atoms with E-state index in [9.17, 15) is 18.4 Å². The number of halogens is 2. The molecule has 1 aromatic rings. The number of aromatic nitrogens is 1. The Bertz CT molecular complexity index is 424. The maximum absolute atomic E-state index is 11.7. The third-order valence-corrected chi connectivity index (χ3v) is 2.53. The van der Waals surface area contributed by atoms with Gasteiger partial charge in [-0.25, -0.2) is 18.6 Å².